The van der Waals surface area contributed by atoms with Crippen molar-refractivity contribution >= 4 is 5.96 Å². The molecule has 2 saturated heterocycles. The molecule has 2 aromatic rings. The largest absolute Gasteiger partial charge is 0.481 e. The van der Waals surface area contributed by atoms with Crippen molar-refractivity contribution in [3.05, 3.63) is 59.8 Å². The highest BCUT2D eigenvalue weighted by Crippen LogP contribution is 2.25. The third-order valence-electron chi connectivity index (χ3n) is 5.64. The molecular weight excluding hydrogens is 366 g/mol. The lowest BCUT2D eigenvalue weighted by atomic mass is 10.1. The summed E-state index contributed by atoms with van der Waals surface area (Å²) in [7, 11) is 3.47. The Morgan fingerprint density at radius 2 is 2.10 bits per heavy atom. The van der Waals surface area contributed by atoms with Gasteiger partial charge in [-0.25, -0.2) is 4.98 Å². The molecule has 1 aromatic heterocycles. The molecule has 3 heterocycles. The van der Waals surface area contributed by atoms with Crippen LogP contribution in [0.4, 0.5) is 0 Å². The summed E-state index contributed by atoms with van der Waals surface area (Å²) in [6.45, 7) is 5.06. The van der Waals surface area contributed by atoms with Crippen LogP contribution < -0.4 is 10.1 Å². The van der Waals surface area contributed by atoms with Crippen LogP contribution >= 0.6 is 0 Å². The van der Waals surface area contributed by atoms with Gasteiger partial charge in [0.25, 0.3) is 0 Å². The number of aromatic nitrogens is 1. The lowest BCUT2D eigenvalue weighted by Gasteiger charge is -2.36. The smallest absolute Gasteiger partial charge is 0.218 e. The number of nitrogens with zero attached hydrogens (tertiary/aromatic N) is 4. The second-order valence-corrected chi connectivity index (χ2v) is 7.41. The number of hydrogen-bond donors (Lipinski definition) is 1. The van der Waals surface area contributed by atoms with Crippen molar-refractivity contribution in [1.29, 1.82) is 0 Å². The number of likely N-dealkylation sites (tertiary alicyclic amines) is 1. The first-order chi connectivity index (χ1) is 14.3. The van der Waals surface area contributed by atoms with Gasteiger partial charge in [-0.05, 0) is 11.6 Å². The molecule has 0 spiro atoms. The van der Waals surface area contributed by atoms with E-state index in [1.54, 1.807) is 13.3 Å². The van der Waals surface area contributed by atoms with Crippen molar-refractivity contribution in [1.82, 2.24) is 20.1 Å². The van der Waals surface area contributed by atoms with Crippen LogP contribution in [0, 0.1) is 0 Å². The van der Waals surface area contributed by atoms with Crippen LogP contribution in [0.5, 0.6) is 5.88 Å². The van der Waals surface area contributed by atoms with Gasteiger partial charge in [0.2, 0.25) is 5.88 Å². The number of benzene rings is 1. The summed E-state index contributed by atoms with van der Waals surface area (Å²) in [6.07, 6.45) is 1.94. The van der Waals surface area contributed by atoms with Gasteiger partial charge >= 0.3 is 0 Å². The van der Waals surface area contributed by atoms with Crippen LogP contribution in [0.2, 0.25) is 0 Å². The minimum atomic E-state index is 0.207. The molecular formula is C22H29N5O2. The monoisotopic (exact) mass is 395 g/mol. The van der Waals surface area contributed by atoms with Gasteiger partial charge in [-0.3, -0.25) is 9.89 Å². The molecule has 2 fully saturated rings. The Labute approximate surface area is 172 Å². The number of methoxy groups -OCH3 is 1. The number of nitrogens with one attached hydrogen (secondary N) is 1. The maximum atomic E-state index is 6.10. The van der Waals surface area contributed by atoms with Crippen molar-refractivity contribution in [3.63, 3.8) is 0 Å². The third-order valence-corrected chi connectivity index (χ3v) is 5.64. The molecule has 0 bridgehead atoms. The second kappa shape index (κ2) is 9.24. The number of fused-ring (bicyclic) bond motifs is 1. The maximum Gasteiger partial charge on any atom is 0.218 e. The first-order valence-electron chi connectivity index (χ1n) is 10.1. The Kier molecular flexibility index (Phi) is 6.27. The van der Waals surface area contributed by atoms with Gasteiger partial charge in [0.15, 0.2) is 5.96 Å². The van der Waals surface area contributed by atoms with E-state index >= 15 is 0 Å². The Hall–Kier alpha value is -2.64. The quantitative estimate of drug-likeness (QED) is 0.615. The van der Waals surface area contributed by atoms with Gasteiger partial charge in [-0.1, -0.05) is 36.4 Å². The highest BCUT2D eigenvalue weighted by Gasteiger charge is 2.41. The number of morpholine rings is 1. The van der Waals surface area contributed by atoms with Crippen molar-refractivity contribution < 1.29 is 9.47 Å². The molecule has 1 N–H and O–H groups in total. The van der Waals surface area contributed by atoms with Crippen LogP contribution in [0.25, 0.3) is 0 Å². The highest BCUT2D eigenvalue weighted by atomic mass is 16.5. The number of guanidine groups is 1. The van der Waals surface area contributed by atoms with Gasteiger partial charge in [0.05, 0.1) is 25.9 Å². The fourth-order valence-electron chi connectivity index (χ4n) is 4.19. The van der Waals surface area contributed by atoms with Gasteiger partial charge in [0.1, 0.15) is 0 Å². The predicted molar refractivity (Wildman–Crippen MR) is 113 cm³/mol. The van der Waals surface area contributed by atoms with Crippen LogP contribution in [0.3, 0.4) is 0 Å². The molecule has 0 amide bonds. The molecule has 1 aromatic carbocycles. The average Bonchev–Trinajstić information content (AvgIpc) is 3.20. The zero-order chi connectivity index (χ0) is 20.1. The van der Waals surface area contributed by atoms with Crippen LogP contribution in [0.15, 0.2) is 53.7 Å². The third kappa shape index (κ3) is 4.52. The molecule has 4 rings (SSSR count). The SMILES string of the molecule is CN=C(NCc1cccnc1OC)N1CC2OCCN(Cc3ccccc3)C2C1. The number of aliphatic imine (C=N–C) groups is 1. The van der Waals surface area contributed by atoms with E-state index in [9.17, 15) is 0 Å². The van der Waals surface area contributed by atoms with Gasteiger partial charge in [-0.2, -0.15) is 0 Å². The molecule has 0 saturated carbocycles. The minimum Gasteiger partial charge on any atom is -0.481 e. The Bertz CT molecular complexity index is 829. The highest BCUT2D eigenvalue weighted by molar-refractivity contribution is 5.80. The van der Waals surface area contributed by atoms with E-state index in [4.69, 9.17) is 9.47 Å². The molecule has 154 valence electrons. The number of pyridine rings is 1. The molecule has 0 radical (unpaired) electrons. The van der Waals surface area contributed by atoms with Gasteiger partial charge in [0, 0.05) is 51.5 Å². The normalized spacial score (nSPS) is 22.4. The van der Waals surface area contributed by atoms with Crippen molar-refractivity contribution in [2.24, 2.45) is 4.99 Å². The van der Waals surface area contributed by atoms with Gasteiger partial charge in [-0.15, -0.1) is 0 Å². The molecule has 2 atom stereocenters. The molecule has 7 nitrogen and oxygen atoms in total. The van der Waals surface area contributed by atoms with E-state index < -0.39 is 0 Å². The Morgan fingerprint density at radius 1 is 1.24 bits per heavy atom. The van der Waals surface area contributed by atoms with Gasteiger partial charge < -0.3 is 19.7 Å². The fraction of sp³-hybridized carbons (Fsp3) is 0.455. The first kappa shape index (κ1) is 19.7. The van der Waals surface area contributed by atoms with Crippen LogP contribution in [0.1, 0.15) is 11.1 Å². The van der Waals surface area contributed by atoms with Crippen molar-refractivity contribution in [2.45, 2.75) is 25.2 Å². The maximum absolute atomic E-state index is 6.10. The molecule has 2 unspecified atom stereocenters. The average molecular weight is 396 g/mol. The number of hydrogen-bond acceptors (Lipinski definition) is 5. The van der Waals surface area contributed by atoms with E-state index in [0.29, 0.717) is 18.5 Å². The summed E-state index contributed by atoms with van der Waals surface area (Å²) in [5.41, 5.74) is 2.35. The first-order valence-corrected chi connectivity index (χ1v) is 10.1. The topological polar surface area (TPSA) is 62.2 Å². The zero-order valence-electron chi connectivity index (χ0n) is 17.1. The molecule has 0 aliphatic carbocycles. The van der Waals surface area contributed by atoms with Crippen molar-refractivity contribution in [2.75, 3.05) is 40.4 Å². The summed E-state index contributed by atoms with van der Waals surface area (Å²) in [5, 5.41) is 3.46. The van der Waals surface area contributed by atoms with E-state index in [0.717, 1.165) is 44.3 Å². The zero-order valence-corrected chi connectivity index (χ0v) is 17.1. The summed E-state index contributed by atoms with van der Waals surface area (Å²) in [6, 6.07) is 15.0. The standard InChI is InChI=1S/C22H29N5O2/c1-23-22(25-13-18-9-6-10-24-21(18)28-2)27-15-19-20(16-27)29-12-11-26(19)14-17-7-4-3-5-8-17/h3-10,19-20H,11-16H2,1-2H3,(H,23,25). The van der Waals surface area contributed by atoms with E-state index in [2.05, 4.69) is 55.4 Å². The summed E-state index contributed by atoms with van der Waals surface area (Å²) in [5.74, 6) is 1.52. The van der Waals surface area contributed by atoms with Crippen LogP contribution in [-0.2, 0) is 17.8 Å². The lowest BCUT2D eigenvalue weighted by molar-refractivity contribution is -0.0502. The number of rotatable bonds is 5. The molecule has 2 aliphatic heterocycles. The summed E-state index contributed by atoms with van der Waals surface area (Å²) >= 11 is 0. The van der Waals surface area contributed by atoms with Crippen LogP contribution in [-0.4, -0.2) is 73.3 Å². The van der Waals surface area contributed by atoms with Crippen molar-refractivity contribution in [3.8, 4) is 5.88 Å². The predicted octanol–water partition coefficient (Wildman–Crippen LogP) is 1.75. The number of ether oxygens (including phenoxy) is 2. The molecule has 2 aliphatic rings. The Balaban J connectivity index is 1.40. The summed E-state index contributed by atoms with van der Waals surface area (Å²) < 4.78 is 11.5. The molecule has 29 heavy (non-hydrogen) atoms. The molecule has 7 heteroatoms. The Morgan fingerprint density at radius 3 is 2.90 bits per heavy atom. The van der Waals surface area contributed by atoms with E-state index in [-0.39, 0.29) is 6.10 Å². The minimum absolute atomic E-state index is 0.207. The fourth-order valence-corrected chi connectivity index (χ4v) is 4.19. The van der Waals surface area contributed by atoms with E-state index in [1.807, 2.05) is 19.2 Å². The second-order valence-electron chi connectivity index (χ2n) is 7.41. The summed E-state index contributed by atoms with van der Waals surface area (Å²) in [4.78, 5) is 13.6. The van der Waals surface area contributed by atoms with E-state index in [1.165, 1.54) is 5.56 Å². The lowest BCUT2D eigenvalue weighted by Crippen LogP contribution is -2.50.